The zero-order valence-electron chi connectivity index (χ0n) is 11.4. The van der Waals surface area contributed by atoms with Gasteiger partial charge in [-0.25, -0.2) is 0 Å². The summed E-state index contributed by atoms with van der Waals surface area (Å²) in [6.07, 6.45) is 0. The summed E-state index contributed by atoms with van der Waals surface area (Å²) in [4.78, 5) is 11.0. The maximum atomic E-state index is 11.0. The topological polar surface area (TPSA) is 57.5 Å². The molecule has 0 saturated carbocycles. The lowest BCUT2D eigenvalue weighted by molar-refractivity contribution is -0.138. The van der Waals surface area contributed by atoms with Crippen molar-refractivity contribution >= 4 is 18.4 Å². The van der Waals surface area contributed by atoms with Crippen LogP contribution < -0.4 is 0 Å². The number of rotatable bonds is 2. The lowest BCUT2D eigenvalue weighted by Gasteiger charge is -2.23. The Morgan fingerprint density at radius 3 is 2.17 bits per heavy atom. The third-order valence-corrected chi connectivity index (χ3v) is 3.03. The number of aromatic hydroxyl groups is 1. The molecule has 0 spiro atoms. The van der Waals surface area contributed by atoms with Gasteiger partial charge < -0.3 is 10.2 Å². The number of aryl methyl sites for hydroxylation is 1. The highest BCUT2D eigenvalue weighted by atomic mass is 35.5. The number of halogens is 1. The molecule has 0 fully saturated rings. The summed E-state index contributed by atoms with van der Waals surface area (Å²) in [5.41, 5.74) is 2.27. The van der Waals surface area contributed by atoms with E-state index in [4.69, 9.17) is 5.11 Å². The van der Waals surface area contributed by atoms with Gasteiger partial charge >= 0.3 is 5.97 Å². The Labute approximate surface area is 114 Å². The Bertz CT molecular complexity index is 447. The van der Waals surface area contributed by atoms with E-state index in [1.54, 1.807) is 13.0 Å². The van der Waals surface area contributed by atoms with Gasteiger partial charge in [-0.15, -0.1) is 12.4 Å². The van der Waals surface area contributed by atoms with Crippen LogP contribution in [0.15, 0.2) is 12.1 Å². The molecule has 0 bridgehead atoms. The zero-order chi connectivity index (χ0) is 13.4. The van der Waals surface area contributed by atoms with Gasteiger partial charge in [0.15, 0.2) is 0 Å². The summed E-state index contributed by atoms with van der Waals surface area (Å²) in [7, 11) is 0. The molecule has 0 aliphatic heterocycles. The second-order valence-electron chi connectivity index (χ2n) is 5.54. The van der Waals surface area contributed by atoms with Crippen molar-refractivity contribution in [2.24, 2.45) is 0 Å². The number of carbonyl (C=O) groups is 1. The van der Waals surface area contributed by atoms with Crippen LogP contribution in [0.2, 0.25) is 0 Å². The Balaban J connectivity index is 0.00000289. The first-order valence-electron chi connectivity index (χ1n) is 5.71. The highest BCUT2D eigenvalue weighted by molar-refractivity contribution is 5.85. The van der Waals surface area contributed by atoms with E-state index in [1.807, 2.05) is 33.8 Å². The van der Waals surface area contributed by atoms with E-state index in [1.165, 1.54) is 0 Å². The van der Waals surface area contributed by atoms with Crippen LogP contribution in [0, 0.1) is 6.92 Å². The molecule has 0 aliphatic carbocycles. The largest absolute Gasteiger partial charge is 0.508 e. The monoisotopic (exact) mass is 272 g/mol. The summed E-state index contributed by atoms with van der Waals surface area (Å²) in [5, 5.41) is 19.0. The van der Waals surface area contributed by atoms with E-state index in [2.05, 4.69) is 0 Å². The summed E-state index contributed by atoms with van der Waals surface area (Å²) in [5.74, 6) is -1.31. The van der Waals surface area contributed by atoms with Gasteiger partial charge in [-0.05, 0) is 42.0 Å². The fourth-order valence-corrected chi connectivity index (χ4v) is 1.91. The Hall–Kier alpha value is -1.22. The number of aliphatic carboxylic acids is 1. The number of benzene rings is 1. The van der Waals surface area contributed by atoms with Crippen molar-refractivity contribution in [1.82, 2.24) is 0 Å². The second-order valence-corrected chi connectivity index (χ2v) is 5.54. The first-order valence-corrected chi connectivity index (χ1v) is 5.71. The first-order chi connectivity index (χ1) is 7.64. The number of phenols is 1. The lowest BCUT2D eigenvalue weighted by atomic mass is 9.83. The van der Waals surface area contributed by atoms with Gasteiger partial charge in [0.05, 0.1) is 5.92 Å². The van der Waals surface area contributed by atoms with Crippen LogP contribution in [0.4, 0.5) is 0 Å². The van der Waals surface area contributed by atoms with Gasteiger partial charge in [0.25, 0.3) is 0 Å². The second kappa shape index (κ2) is 5.61. The molecule has 3 nitrogen and oxygen atoms in total. The molecule has 0 aromatic heterocycles. The molecule has 0 aliphatic rings. The molecule has 102 valence electrons. The third-order valence-electron chi connectivity index (χ3n) is 3.03. The van der Waals surface area contributed by atoms with E-state index in [0.29, 0.717) is 5.56 Å². The molecule has 0 amide bonds. The standard InChI is InChI=1S/C14H20O3.ClH/c1-8-6-11(14(3,4)5)12(15)7-10(8)9(2)13(16)17;/h6-7,9,15H,1-5H3,(H,16,17);1H. The van der Waals surface area contributed by atoms with Crippen LogP contribution in [0.3, 0.4) is 0 Å². The minimum absolute atomic E-state index is 0. The lowest BCUT2D eigenvalue weighted by Crippen LogP contribution is -2.14. The number of hydrogen-bond donors (Lipinski definition) is 2. The van der Waals surface area contributed by atoms with Crippen LogP contribution in [0.5, 0.6) is 5.75 Å². The van der Waals surface area contributed by atoms with Crippen LogP contribution >= 0.6 is 12.4 Å². The average molecular weight is 273 g/mol. The summed E-state index contributed by atoms with van der Waals surface area (Å²) in [6, 6.07) is 3.46. The highest BCUT2D eigenvalue weighted by Gasteiger charge is 2.22. The van der Waals surface area contributed by atoms with Crippen molar-refractivity contribution in [3.63, 3.8) is 0 Å². The van der Waals surface area contributed by atoms with Crippen LogP contribution in [-0.4, -0.2) is 16.2 Å². The molecule has 0 heterocycles. The molecule has 0 radical (unpaired) electrons. The van der Waals surface area contributed by atoms with E-state index in [0.717, 1.165) is 11.1 Å². The predicted molar refractivity (Wildman–Crippen MR) is 74.8 cm³/mol. The normalized spacial score (nSPS) is 12.7. The van der Waals surface area contributed by atoms with Crippen LogP contribution in [0.1, 0.15) is 50.3 Å². The van der Waals surface area contributed by atoms with Gasteiger partial charge in [0, 0.05) is 0 Å². The molecule has 0 saturated heterocycles. The average Bonchev–Trinajstić information content (AvgIpc) is 2.18. The molecule has 4 heteroatoms. The minimum atomic E-state index is -0.879. The minimum Gasteiger partial charge on any atom is -0.508 e. The van der Waals surface area contributed by atoms with Gasteiger partial charge in [0.1, 0.15) is 5.75 Å². The van der Waals surface area contributed by atoms with Crippen LogP contribution in [0.25, 0.3) is 0 Å². The highest BCUT2D eigenvalue weighted by Crippen LogP contribution is 2.35. The summed E-state index contributed by atoms with van der Waals surface area (Å²) < 4.78 is 0. The van der Waals surface area contributed by atoms with Crippen molar-refractivity contribution in [2.75, 3.05) is 0 Å². The van der Waals surface area contributed by atoms with Crippen molar-refractivity contribution in [2.45, 2.75) is 46.0 Å². The van der Waals surface area contributed by atoms with Gasteiger partial charge in [-0.2, -0.15) is 0 Å². The van der Waals surface area contributed by atoms with Crippen LogP contribution in [-0.2, 0) is 10.2 Å². The van der Waals surface area contributed by atoms with Crippen molar-refractivity contribution in [3.8, 4) is 5.75 Å². The number of carboxylic acids is 1. The smallest absolute Gasteiger partial charge is 0.310 e. The molecule has 2 N–H and O–H groups in total. The van der Waals surface area contributed by atoms with Gasteiger partial charge in [0.2, 0.25) is 0 Å². The molecule has 1 atom stereocenters. The van der Waals surface area contributed by atoms with Crippen molar-refractivity contribution in [1.29, 1.82) is 0 Å². The number of phenolic OH excluding ortho intramolecular Hbond substituents is 1. The van der Waals surface area contributed by atoms with E-state index < -0.39 is 11.9 Å². The third kappa shape index (κ3) is 3.39. The molecule has 18 heavy (non-hydrogen) atoms. The SMILES string of the molecule is Cc1cc(C(C)(C)C)c(O)cc1C(C)C(=O)O.Cl. The summed E-state index contributed by atoms with van der Waals surface area (Å²) in [6.45, 7) is 9.55. The maximum Gasteiger partial charge on any atom is 0.310 e. The Morgan fingerprint density at radius 1 is 1.28 bits per heavy atom. The number of hydrogen-bond acceptors (Lipinski definition) is 2. The quantitative estimate of drug-likeness (QED) is 0.865. The van der Waals surface area contributed by atoms with E-state index >= 15 is 0 Å². The Morgan fingerprint density at radius 2 is 1.78 bits per heavy atom. The maximum absolute atomic E-state index is 11.0. The van der Waals surface area contributed by atoms with Crippen molar-refractivity contribution < 1.29 is 15.0 Å². The fraction of sp³-hybridized carbons (Fsp3) is 0.500. The first kappa shape index (κ1) is 16.8. The van der Waals surface area contributed by atoms with E-state index in [-0.39, 0.29) is 23.6 Å². The fourth-order valence-electron chi connectivity index (χ4n) is 1.91. The molecule has 1 unspecified atom stereocenters. The molecule has 1 rings (SSSR count). The molecular formula is C14H21ClO3. The van der Waals surface area contributed by atoms with Gasteiger partial charge in [-0.3, -0.25) is 4.79 Å². The predicted octanol–water partition coefficient (Wildman–Crippen LogP) is 3.61. The van der Waals surface area contributed by atoms with Crippen molar-refractivity contribution in [3.05, 3.63) is 28.8 Å². The van der Waals surface area contributed by atoms with E-state index in [9.17, 15) is 9.90 Å². The molecular weight excluding hydrogens is 252 g/mol. The zero-order valence-corrected chi connectivity index (χ0v) is 12.3. The molecule has 1 aromatic carbocycles. The Kier molecular flexibility index (Phi) is 5.23. The van der Waals surface area contributed by atoms with Gasteiger partial charge in [-0.1, -0.05) is 26.8 Å². The summed E-state index contributed by atoms with van der Waals surface area (Å²) >= 11 is 0. The molecule has 1 aromatic rings. The number of carboxylic acid groups (broad SMARTS) is 1.